The molecule has 45 heavy (non-hydrogen) atoms. The highest BCUT2D eigenvalue weighted by molar-refractivity contribution is 6.30. The first-order chi connectivity index (χ1) is 20.8. The molecule has 0 saturated carbocycles. The van der Waals surface area contributed by atoms with E-state index in [4.69, 9.17) is 11.6 Å². The molecule has 0 aliphatic carbocycles. The van der Waals surface area contributed by atoms with Gasteiger partial charge in [-0.15, -0.1) is 10.2 Å². The molecule has 1 aromatic carbocycles. The van der Waals surface area contributed by atoms with Crippen molar-refractivity contribution < 1.29 is 49.4 Å². The summed E-state index contributed by atoms with van der Waals surface area (Å²) in [6.07, 6.45) is -19.7. The molecule has 1 atom stereocenters. The summed E-state index contributed by atoms with van der Waals surface area (Å²) >= 11 is 5.85. The third-order valence-electron chi connectivity index (χ3n) is 6.11. The maximum atomic E-state index is 13.8. The molecule has 0 unspecified atom stereocenters. The minimum absolute atomic E-state index is 0.0898. The van der Waals surface area contributed by atoms with Crippen LogP contribution in [0.4, 0.5) is 39.5 Å². The van der Waals surface area contributed by atoms with Gasteiger partial charge in [-0.1, -0.05) is 11.6 Å². The molecule has 0 spiro atoms. The van der Waals surface area contributed by atoms with Crippen LogP contribution in [0, 0.1) is 0 Å². The molecule has 20 heteroatoms. The van der Waals surface area contributed by atoms with Crippen LogP contribution in [-0.4, -0.2) is 63.4 Å². The van der Waals surface area contributed by atoms with Crippen LogP contribution >= 0.6 is 11.6 Å². The quantitative estimate of drug-likeness (QED) is 0.181. The zero-order valence-electron chi connectivity index (χ0n) is 22.3. The number of nitrogens with zero attached hydrogens (tertiary/aromatic N) is 7. The predicted octanol–water partition coefficient (Wildman–Crippen LogP) is 5.25. The number of aliphatic hydroxyl groups is 1. The van der Waals surface area contributed by atoms with Crippen LogP contribution in [0.5, 0.6) is 0 Å². The number of halogens is 10. The molecule has 242 valence electrons. The lowest BCUT2D eigenvalue weighted by atomic mass is 10.1. The highest BCUT2D eigenvalue weighted by atomic mass is 35.5. The lowest BCUT2D eigenvalue weighted by molar-refractivity contribution is -0.207. The zero-order valence-corrected chi connectivity index (χ0v) is 23.1. The average Bonchev–Trinajstić information content (AvgIpc) is 3.49. The molecule has 0 radical (unpaired) electrons. The fourth-order valence-corrected chi connectivity index (χ4v) is 4.16. The van der Waals surface area contributed by atoms with Gasteiger partial charge in [0, 0.05) is 29.6 Å². The molecule has 10 nitrogen and oxygen atoms in total. The molecule has 0 amide bonds. The van der Waals surface area contributed by atoms with Crippen LogP contribution in [0.2, 0.25) is 5.02 Å². The molecular formula is C25H19ClF9N7O3. The number of hydrogen-bond donors (Lipinski definition) is 1. The maximum absolute atomic E-state index is 13.8. The molecule has 1 N–H and O–H groups in total. The van der Waals surface area contributed by atoms with Gasteiger partial charge in [0.05, 0.1) is 6.54 Å². The molecule has 0 aliphatic heterocycles. The maximum Gasteiger partial charge on any atom is 0.420 e. The Morgan fingerprint density at radius 2 is 1.64 bits per heavy atom. The van der Waals surface area contributed by atoms with Crippen molar-refractivity contribution in [3.8, 4) is 17.2 Å². The number of Topliss-reactive ketones (excluding diaryl/α,β-unsaturated/α-hetero) is 1. The number of rotatable bonds is 10. The average molecular weight is 672 g/mol. The Hall–Kier alpha value is -4.26. The smallest absolute Gasteiger partial charge is 0.382 e. The fourth-order valence-electron chi connectivity index (χ4n) is 4.03. The van der Waals surface area contributed by atoms with Crippen molar-refractivity contribution in [2.24, 2.45) is 0 Å². The van der Waals surface area contributed by atoms with E-state index in [1.165, 1.54) is 24.3 Å². The molecule has 0 aliphatic rings. The summed E-state index contributed by atoms with van der Waals surface area (Å²) in [4.78, 5) is 33.5. The number of benzene rings is 1. The van der Waals surface area contributed by atoms with Crippen LogP contribution in [0.1, 0.15) is 41.3 Å². The summed E-state index contributed by atoms with van der Waals surface area (Å²) in [5.41, 5.74) is -2.52. The summed E-state index contributed by atoms with van der Waals surface area (Å²) in [6.45, 7) is -2.12. The molecule has 3 heterocycles. The van der Waals surface area contributed by atoms with Gasteiger partial charge in [-0.2, -0.15) is 44.2 Å². The van der Waals surface area contributed by atoms with Gasteiger partial charge < -0.3 is 5.11 Å². The number of carbonyl (C=O) groups excluding carboxylic acids is 1. The van der Waals surface area contributed by atoms with E-state index in [1.807, 2.05) is 0 Å². The molecule has 4 aromatic rings. The van der Waals surface area contributed by atoms with E-state index in [9.17, 15) is 54.2 Å². The molecule has 0 saturated heterocycles. The third kappa shape index (κ3) is 8.07. The number of aliphatic hydroxyl groups excluding tert-OH is 1. The second-order valence-electron chi connectivity index (χ2n) is 9.47. The van der Waals surface area contributed by atoms with Crippen molar-refractivity contribution >= 4 is 17.4 Å². The van der Waals surface area contributed by atoms with Gasteiger partial charge in [0.2, 0.25) is 5.82 Å². The number of hydrogen-bond acceptors (Lipinski definition) is 7. The van der Waals surface area contributed by atoms with Gasteiger partial charge in [-0.05, 0) is 42.8 Å². The predicted molar refractivity (Wildman–Crippen MR) is 136 cm³/mol. The van der Waals surface area contributed by atoms with E-state index in [0.29, 0.717) is 20.0 Å². The molecule has 4 rings (SSSR count). The van der Waals surface area contributed by atoms with Crippen molar-refractivity contribution in [2.75, 3.05) is 0 Å². The first kappa shape index (κ1) is 33.6. The highest BCUT2D eigenvalue weighted by Gasteiger charge is 2.40. The SMILES string of the molecule is O=C(CCCC(F)(F)F)c1nc(Cn2nc(-c3ccc(Cl)cc3)n(C[C@H](O)C(F)(F)F)c2=O)nn1-c1ncccc1C(F)(F)F. The minimum atomic E-state index is -5.13. The van der Waals surface area contributed by atoms with E-state index < -0.39 is 91.5 Å². The van der Waals surface area contributed by atoms with Gasteiger partial charge in [-0.25, -0.2) is 19.4 Å². The second kappa shape index (κ2) is 12.6. The number of alkyl halides is 9. The molecule has 3 aromatic heterocycles. The summed E-state index contributed by atoms with van der Waals surface area (Å²) in [6, 6.07) is 6.86. The van der Waals surface area contributed by atoms with E-state index >= 15 is 0 Å². The Labute approximate surface area is 250 Å². The van der Waals surface area contributed by atoms with Gasteiger partial charge >= 0.3 is 24.2 Å². The van der Waals surface area contributed by atoms with E-state index in [0.717, 1.165) is 12.3 Å². The minimum Gasteiger partial charge on any atom is -0.382 e. The second-order valence-corrected chi connectivity index (χ2v) is 9.90. The Morgan fingerprint density at radius 3 is 2.24 bits per heavy atom. The summed E-state index contributed by atoms with van der Waals surface area (Å²) in [7, 11) is 0. The van der Waals surface area contributed by atoms with Gasteiger partial charge in [0.25, 0.3) is 0 Å². The molecule has 0 fully saturated rings. The van der Waals surface area contributed by atoms with Crippen molar-refractivity contribution in [3.05, 3.63) is 75.3 Å². The summed E-state index contributed by atoms with van der Waals surface area (Å²) in [5.74, 6) is -3.85. The van der Waals surface area contributed by atoms with Crippen molar-refractivity contribution in [3.63, 3.8) is 0 Å². The van der Waals surface area contributed by atoms with Gasteiger partial charge in [0.1, 0.15) is 12.1 Å². The molecular weight excluding hydrogens is 653 g/mol. The largest absolute Gasteiger partial charge is 0.420 e. The van der Waals surface area contributed by atoms with Crippen LogP contribution in [0.3, 0.4) is 0 Å². The van der Waals surface area contributed by atoms with Crippen LogP contribution in [0.25, 0.3) is 17.2 Å². The van der Waals surface area contributed by atoms with Gasteiger partial charge in [0.15, 0.2) is 29.4 Å². The van der Waals surface area contributed by atoms with Crippen molar-refractivity contribution in [1.29, 1.82) is 0 Å². The summed E-state index contributed by atoms with van der Waals surface area (Å²) in [5, 5.41) is 17.7. The topological polar surface area (TPSA) is 121 Å². The van der Waals surface area contributed by atoms with Crippen LogP contribution < -0.4 is 5.69 Å². The third-order valence-corrected chi connectivity index (χ3v) is 6.36. The Bertz CT molecular complexity index is 1730. The number of pyridine rings is 1. The molecule has 0 bridgehead atoms. The van der Waals surface area contributed by atoms with Crippen LogP contribution in [-0.2, 0) is 19.3 Å². The van der Waals surface area contributed by atoms with E-state index in [2.05, 4.69) is 20.2 Å². The Kier molecular flexibility index (Phi) is 9.43. The monoisotopic (exact) mass is 671 g/mol. The Morgan fingerprint density at radius 1 is 0.978 bits per heavy atom. The van der Waals surface area contributed by atoms with Crippen molar-refractivity contribution in [1.82, 2.24) is 34.1 Å². The summed E-state index contributed by atoms with van der Waals surface area (Å²) < 4.78 is 120. The first-order valence-corrected chi connectivity index (χ1v) is 13.0. The van der Waals surface area contributed by atoms with Crippen molar-refractivity contribution in [2.45, 2.75) is 57.0 Å². The lowest BCUT2D eigenvalue weighted by Gasteiger charge is -2.15. The fraction of sp³-hybridized carbons (Fsp3) is 0.360. The highest BCUT2D eigenvalue weighted by Crippen LogP contribution is 2.33. The number of ketones is 1. The van der Waals surface area contributed by atoms with Crippen LogP contribution in [0.15, 0.2) is 47.4 Å². The number of carbonyl (C=O) groups is 1. The van der Waals surface area contributed by atoms with Gasteiger partial charge in [-0.3, -0.25) is 9.36 Å². The number of aromatic nitrogens is 7. The standard InChI is InChI=1S/C25H19ClF9N7O3/c26-14-7-5-13(6-8-14)19-39-41(22(45)40(19)11-17(44)25(33,34)35)12-18-37-21(16(43)4-1-9-23(27,28)29)42(38-18)20-15(24(30,31)32)3-2-10-36-20/h2-3,5-8,10,17,44H,1,4,9,11-12H2/t17-/m0/s1. The first-order valence-electron chi connectivity index (χ1n) is 12.6. The zero-order chi connectivity index (χ0) is 33.3. The Balaban J connectivity index is 1.80. The lowest BCUT2D eigenvalue weighted by Crippen LogP contribution is -2.37. The van der Waals surface area contributed by atoms with E-state index in [-0.39, 0.29) is 16.4 Å². The van der Waals surface area contributed by atoms with E-state index in [1.54, 1.807) is 0 Å². The normalized spacial score (nSPS) is 13.3.